The molecule has 4 nitrogen and oxygen atoms in total. The predicted molar refractivity (Wildman–Crippen MR) is 94.1 cm³/mol. The molecule has 2 fully saturated rings. The number of fused-ring (bicyclic) bond motifs is 1. The third-order valence-electron chi connectivity index (χ3n) is 4.57. The van der Waals surface area contributed by atoms with E-state index in [1.807, 2.05) is 15.9 Å². The molecular formula is C16H20N2O2S2. The van der Waals surface area contributed by atoms with Gasteiger partial charge in [0.2, 0.25) is 0 Å². The van der Waals surface area contributed by atoms with E-state index in [2.05, 4.69) is 32.6 Å². The highest BCUT2D eigenvalue weighted by molar-refractivity contribution is 7.91. The van der Waals surface area contributed by atoms with E-state index in [1.165, 1.54) is 11.1 Å². The van der Waals surface area contributed by atoms with E-state index < -0.39 is 9.84 Å². The van der Waals surface area contributed by atoms with Gasteiger partial charge in [0, 0.05) is 12.2 Å². The molecule has 2 heterocycles. The lowest BCUT2D eigenvalue weighted by Crippen LogP contribution is -2.37. The van der Waals surface area contributed by atoms with Gasteiger partial charge in [-0.2, -0.15) is 0 Å². The monoisotopic (exact) mass is 336 g/mol. The number of hydrogen-bond acceptors (Lipinski definition) is 3. The number of hydrogen-bond donors (Lipinski definition) is 0. The number of aryl methyl sites for hydroxylation is 2. The lowest BCUT2D eigenvalue weighted by Gasteiger charge is -2.25. The van der Waals surface area contributed by atoms with Crippen molar-refractivity contribution in [2.45, 2.75) is 25.9 Å². The molecule has 1 aromatic carbocycles. The van der Waals surface area contributed by atoms with Crippen LogP contribution in [0.5, 0.6) is 0 Å². The molecule has 2 aliphatic heterocycles. The summed E-state index contributed by atoms with van der Waals surface area (Å²) in [5, 5.41) is 0.702. The minimum atomic E-state index is -3.02. The van der Waals surface area contributed by atoms with E-state index >= 15 is 0 Å². The van der Waals surface area contributed by atoms with E-state index in [9.17, 15) is 8.42 Å². The molecule has 0 amide bonds. The fourth-order valence-electron chi connectivity index (χ4n) is 3.31. The van der Waals surface area contributed by atoms with Gasteiger partial charge < -0.3 is 9.80 Å². The number of rotatable bonds is 3. The second-order valence-corrected chi connectivity index (χ2v) is 8.59. The first-order chi connectivity index (χ1) is 10.3. The maximum Gasteiger partial charge on any atom is 0.177 e. The van der Waals surface area contributed by atoms with Gasteiger partial charge in [0.15, 0.2) is 14.9 Å². The Morgan fingerprint density at radius 3 is 2.59 bits per heavy atom. The normalized spacial score (nSPS) is 26.4. The van der Waals surface area contributed by atoms with Crippen molar-refractivity contribution in [1.29, 1.82) is 0 Å². The van der Waals surface area contributed by atoms with Gasteiger partial charge >= 0.3 is 0 Å². The van der Waals surface area contributed by atoms with E-state index in [-0.39, 0.29) is 23.6 Å². The van der Waals surface area contributed by atoms with Crippen LogP contribution in [0.1, 0.15) is 11.1 Å². The minimum absolute atomic E-state index is 0.0721. The molecule has 0 aliphatic carbocycles. The second-order valence-electron chi connectivity index (χ2n) is 6.07. The smallest absolute Gasteiger partial charge is 0.177 e. The molecule has 118 valence electrons. The lowest BCUT2D eigenvalue weighted by atomic mass is 10.1. The Morgan fingerprint density at radius 2 is 1.95 bits per heavy atom. The highest BCUT2D eigenvalue weighted by atomic mass is 32.2. The molecule has 2 atom stereocenters. The van der Waals surface area contributed by atoms with E-state index in [1.54, 1.807) is 6.08 Å². The number of thiocarbonyl (C=S) groups is 1. The first-order valence-electron chi connectivity index (χ1n) is 7.32. The molecule has 0 aromatic heterocycles. The van der Waals surface area contributed by atoms with Crippen LogP contribution in [0.15, 0.2) is 30.9 Å². The Balaban J connectivity index is 2.04. The van der Waals surface area contributed by atoms with Crippen LogP contribution < -0.4 is 4.90 Å². The Hall–Kier alpha value is -1.40. The number of anilines is 1. The lowest BCUT2D eigenvalue weighted by molar-refractivity contribution is 0.389. The summed E-state index contributed by atoms with van der Waals surface area (Å²) >= 11 is 5.62. The van der Waals surface area contributed by atoms with Crippen molar-refractivity contribution in [2.75, 3.05) is 23.0 Å². The summed E-state index contributed by atoms with van der Waals surface area (Å²) in [5.74, 6) is 0.339. The van der Waals surface area contributed by atoms with E-state index in [0.29, 0.717) is 11.7 Å². The van der Waals surface area contributed by atoms with Crippen LogP contribution in [-0.2, 0) is 9.84 Å². The molecule has 0 N–H and O–H groups in total. The summed E-state index contributed by atoms with van der Waals surface area (Å²) in [5.41, 5.74) is 3.37. The highest BCUT2D eigenvalue weighted by Gasteiger charge is 2.51. The standard InChI is InChI=1S/C16H20N2O2S2/c1-4-7-17-14-9-22(19,20)10-15(14)18(16(17)21)13-6-5-11(2)12(3)8-13/h4-6,8,14-15H,1,7,9-10H2,2-3H3/t14-,15+/m1/s1. The Morgan fingerprint density at radius 1 is 1.27 bits per heavy atom. The molecule has 2 saturated heterocycles. The van der Waals surface area contributed by atoms with Gasteiger partial charge in [-0.3, -0.25) is 0 Å². The van der Waals surface area contributed by atoms with Crippen LogP contribution in [0.25, 0.3) is 0 Å². The van der Waals surface area contributed by atoms with Crippen LogP contribution in [0.3, 0.4) is 0 Å². The summed E-state index contributed by atoms with van der Waals surface area (Å²) in [6.07, 6.45) is 1.78. The van der Waals surface area contributed by atoms with E-state index in [0.717, 1.165) is 5.69 Å². The Labute approximate surface area is 137 Å². The van der Waals surface area contributed by atoms with Crippen LogP contribution in [0.2, 0.25) is 0 Å². The van der Waals surface area contributed by atoms with Gasteiger partial charge in [-0.25, -0.2) is 8.42 Å². The summed E-state index contributed by atoms with van der Waals surface area (Å²) in [7, 11) is -3.02. The molecule has 0 saturated carbocycles. The van der Waals surface area contributed by atoms with Gasteiger partial charge in [-0.1, -0.05) is 12.1 Å². The molecule has 3 rings (SSSR count). The Bertz CT molecular complexity index is 743. The van der Waals surface area contributed by atoms with Gasteiger partial charge in [0.05, 0.1) is 23.6 Å². The maximum absolute atomic E-state index is 12.1. The third kappa shape index (κ3) is 2.44. The van der Waals surface area contributed by atoms with Crippen molar-refractivity contribution in [3.8, 4) is 0 Å². The number of benzene rings is 1. The highest BCUT2D eigenvalue weighted by Crippen LogP contribution is 2.35. The SMILES string of the molecule is C=CCN1C(=S)N(c2ccc(C)c(C)c2)[C@H]2CS(=O)(=O)C[C@H]21. The van der Waals surface area contributed by atoms with Gasteiger partial charge in [0.25, 0.3) is 0 Å². The second kappa shape index (κ2) is 5.35. The van der Waals surface area contributed by atoms with Crippen LogP contribution in [-0.4, -0.2) is 48.6 Å². The van der Waals surface area contributed by atoms with Crippen molar-refractivity contribution < 1.29 is 8.42 Å². The summed E-state index contributed by atoms with van der Waals surface area (Å²) in [4.78, 5) is 4.01. The first-order valence-corrected chi connectivity index (χ1v) is 9.55. The van der Waals surface area contributed by atoms with Crippen molar-refractivity contribution >= 4 is 32.9 Å². The van der Waals surface area contributed by atoms with Crippen molar-refractivity contribution in [2.24, 2.45) is 0 Å². The van der Waals surface area contributed by atoms with Crippen molar-refractivity contribution in [1.82, 2.24) is 4.90 Å². The fraction of sp³-hybridized carbons (Fsp3) is 0.438. The largest absolute Gasteiger partial charge is 0.339 e. The van der Waals surface area contributed by atoms with Crippen molar-refractivity contribution in [3.63, 3.8) is 0 Å². The average Bonchev–Trinajstić information content (AvgIpc) is 2.86. The molecular weight excluding hydrogens is 316 g/mol. The molecule has 0 radical (unpaired) electrons. The third-order valence-corrected chi connectivity index (χ3v) is 6.70. The summed E-state index contributed by atoms with van der Waals surface area (Å²) in [6, 6.07) is 5.99. The summed E-state index contributed by atoms with van der Waals surface area (Å²) < 4.78 is 24.2. The molecule has 2 aliphatic rings. The molecule has 6 heteroatoms. The van der Waals surface area contributed by atoms with Gasteiger partial charge in [-0.05, 0) is 49.3 Å². The molecule has 22 heavy (non-hydrogen) atoms. The molecule has 0 spiro atoms. The molecule has 0 bridgehead atoms. The fourth-order valence-corrected chi connectivity index (χ4v) is 5.71. The zero-order valence-corrected chi connectivity index (χ0v) is 14.5. The zero-order chi connectivity index (χ0) is 16.1. The molecule has 1 aromatic rings. The summed E-state index contributed by atoms with van der Waals surface area (Å²) in [6.45, 7) is 8.47. The van der Waals surface area contributed by atoms with Crippen LogP contribution >= 0.6 is 12.2 Å². The number of sulfone groups is 1. The topological polar surface area (TPSA) is 40.6 Å². The van der Waals surface area contributed by atoms with Crippen molar-refractivity contribution in [3.05, 3.63) is 42.0 Å². The van der Waals surface area contributed by atoms with Gasteiger partial charge in [0.1, 0.15) is 0 Å². The Kier molecular flexibility index (Phi) is 3.77. The zero-order valence-electron chi connectivity index (χ0n) is 12.8. The molecule has 0 unspecified atom stereocenters. The van der Waals surface area contributed by atoms with Crippen LogP contribution in [0.4, 0.5) is 5.69 Å². The minimum Gasteiger partial charge on any atom is -0.339 e. The quantitative estimate of drug-likeness (QED) is 0.624. The first kappa shape index (κ1) is 15.5. The average molecular weight is 336 g/mol. The van der Waals surface area contributed by atoms with Crippen LogP contribution in [0, 0.1) is 13.8 Å². The predicted octanol–water partition coefficient (Wildman–Crippen LogP) is 2.06. The van der Waals surface area contributed by atoms with Gasteiger partial charge in [-0.15, -0.1) is 6.58 Å². The maximum atomic E-state index is 12.1. The number of nitrogens with zero attached hydrogens (tertiary/aromatic N) is 2. The van der Waals surface area contributed by atoms with E-state index in [4.69, 9.17) is 12.2 Å².